The van der Waals surface area contributed by atoms with Crippen molar-refractivity contribution in [3.8, 4) is 5.75 Å². The van der Waals surface area contributed by atoms with Crippen molar-refractivity contribution < 1.29 is 9.90 Å². The van der Waals surface area contributed by atoms with E-state index in [9.17, 15) is 9.90 Å². The van der Waals surface area contributed by atoms with Crippen molar-refractivity contribution in [1.82, 2.24) is 0 Å². The summed E-state index contributed by atoms with van der Waals surface area (Å²) in [6.07, 6.45) is 5.17. The van der Waals surface area contributed by atoms with E-state index in [0.717, 1.165) is 33.9 Å². The molecule has 1 heterocycles. The number of carbonyl (C=O) groups is 1. The van der Waals surface area contributed by atoms with Gasteiger partial charge in [-0.25, -0.2) is 4.99 Å². The van der Waals surface area contributed by atoms with Crippen molar-refractivity contribution in [2.75, 3.05) is 0 Å². The van der Waals surface area contributed by atoms with Gasteiger partial charge in [-0.1, -0.05) is 25.9 Å². The molecule has 0 spiro atoms. The highest BCUT2D eigenvalue weighted by Crippen LogP contribution is 2.36. The lowest BCUT2D eigenvalue weighted by Gasteiger charge is -2.37. The Morgan fingerprint density at radius 1 is 1.20 bits per heavy atom. The van der Waals surface area contributed by atoms with Crippen molar-refractivity contribution >= 4 is 30.4 Å². The van der Waals surface area contributed by atoms with E-state index < -0.39 is 8.07 Å². The summed E-state index contributed by atoms with van der Waals surface area (Å²) in [5, 5.41) is 12.1. The fraction of sp³-hybridized carbons (Fsp3) is 0.250. The van der Waals surface area contributed by atoms with Gasteiger partial charge >= 0.3 is 0 Å². The number of benzene rings is 1. The summed E-state index contributed by atoms with van der Waals surface area (Å²) in [5.74, 6) is 0.320. The predicted octanol–water partition coefficient (Wildman–Crippen LogP) is 2.78. The Bertz CT molecular complexity index is 682. The molecule has 2 aliphatic rings. The van der Waals surface area contributed by atoms with Gasteiger partial charge < -0.3 is 5.11 Å². The van der Waals surface area contributed by atoms with E-state index in [1.165, 1.54) is 0 Å². The van der Waals surface area contributed by atoms with E-state index in [2.05, 4.69) is 18.8 Å². The van der Waals surface area contributed by atoms with Gasteiger partial charge in [0.25, 0.3) is 0 Å². The first-order valence-electron chi connectivity index (χ1n) is 6.97. The summed E-state index contributed by atoms with van der Waals surface area (Å²) in [6, 6.07) is 7.42. The normalized spacial score (nSPS) is 19.0. The van der Waals surface area contributed by atoms with Crippen molar-refractivity contribution in [2.24, 2.45) is 4.99 Å². The monoisotopic (exact) mass is 283 g/mol. The van der Waals surface area contributed by atoms with Crippen LogP contribution in [0.25, 0.3) is 0 Å². The van der Waals surface area contributed by atoms with Gasteiger partial charge in [0.2, 0.25) is 0 Å². The average Bonchev–Trinajstić information content (AvgIpc) is 2.46. The van der Waals surface area contributed by atoms with Crippen molar-refractivity contribution in [3.63, 3.8) is 0 Å². The molecule has 1 aliphatic heterocycles. The number of fused-ring (bicyclic) bond motifs is 2. The van der Waals surface area contributed by atoms with Crippen LogP contribution in [0.5, 0.6) is 5.75 Å². The maximum atomic E-state index is 11.8. The Morgan fingerprint density at radius 2 is 1.95 bits per heavy atom. The highest BCUT2D eigenvalue weighted by molar-refractivity contribution is 7.02. The molecule has 0 saturated heterocycles. The van der Waals surface area contributed by atoms with Crippen LogP contribution in [0.3, 0.4) is 0 Å². The second-order valence-corrected chi connectivity index (χ2v) is 9.94. The van der Waals surface area contributed by atoms with Gasteiger partial charge in [0.1, 0.15) is 13.8 Å². The van der Waals surface area contributed by atoms with Crippen LogP contribution < -0.4 is 5.19 Å². The van der Waals surface area contributed by atoms with E-state index in [0.29, 0.717) is 0 Å². The average molecular weight is 283 g/mol. The number of nitrogens with zero attached hydrogens (tertiary/aromatic N) is 1. The number of phenolic OH excluding ortho intramolecular Hbond substituents is 1. The molecule has 0 unspecified atom stereocenters. The molecule has 0 saturated carbocycles. The van der Waals surface area contributed by atoms with Gasteiger partial charge in [0.15, 0.2) is 5.78 Å². The molecule has 0 amide bonds. The third kappa shape index (κ3) is 1.72. The van der Waals surface area contributed by atoms with Gasteiger partial charge in [-0.3, -0.25) is 4.79 Å². The highest BCUT2D eigenvalue weighted by Gasteiger charge is 2.42. The summed E-state index contributed by atoms with van der Waals surface area (Å²) in [4.78, 5) is 16.4. The standard InChI is InChI=1S/C16H17NO2Si/c1-3-20(4-2)15-9-11(18)5-7-13(15)17-14-8-6-12(19)10-16(14)20/h5-10,18H,3-4H2,1-2H3. The molecule has 1 N–H and O–H groups in total. The molecule has 102 valence electrons. The number of allylic oxidation sites excluding steroid dienone is 4. The van der Waals surface area contributed by atoms with E-state index in [1.54, 1.807) is 18.2 Å². The van der Waals surface area contributed by atoms with Crippen LogP contribution in [0.2, 0.25) is 12.1 Å². The number of hydrogen-bond donors (Lipinski definition) is 1. The number of aromatic hydroxyl groups is 1. The van der Waals surface area contributed by atoms with Crippen LogP contribution in [0.4, 0.5) is 5.69 Å². The Morgan fingerprint density at radius 3 is 2.65 bits per heavy atom. The number of rotatable bonds is 2. The number of aliphatic imine (C=N–C) groups is 1. The SMILES string of the molecule is CC[Si]1(CC)C2=CC(=O)C=CC2=Nc2ccc(O)cc21. The first-order chi connectivity index (χ1) is 9.60. The number of ketones is 1. The lowest BCUT2D eigenvalue weighted by molar-refractivity contribution is -0.110. The molecule has 3 rings (SSSR count). The Labute approximate surface area is 119 Å². The maximum Gasteiger partial charge on any atom is 0.178 e. The van der Waals surface area contributed by atoms with E-state index in [-0.39, 0.29) is 11.5 Å². The topological polar surface area (TPSA) is 49.7 Å². The maximum absolute atomic E-state index is 11.8. The zero-order valence-corrected chi connectivity index (χ0v) is 12.7. The minimum atomic E-state index is -1.99. The predicted molar refractivity (Wildman–Crippen MR) is 83.8 cm³/mol. The third-order valence-electron chi connectivity index (χ3n) is 4.43. The van der Waals surface area contributed by atoms with Gasteiger partial charge in [-0.05, 0) is 46.8 Å². The van der Waals surface area contributed by atoms with E-state index in [4.69, 9.17) is 0 Å². The zero-order valence-electron chi connectivity index (χ0n) is 11.7. The molecule has 0 radical (unpaired) electrons. The van der Waals surface area contributed by atoms with Gasteiger partial charge in [0, 0.05) is 0 Å². The molecule has 1 aromatic carbocycles. The van der Waals surface area contributed by atoms with Gasteiger partial charge in [0.05, 0.1) is 11.4 Å². The molecule has 3 nitrogen and oxygen atoms in total. The largest absolute Gasteiger partial charge is 0.508 e. The van der Waals surface area contributed by atoms with E-state index in [1.807, 2.05) is 18.2 Å². The van der Waals surface area contributed by atoms with Crippen LogP contribution in [-0.2, 0) is 4.79 Å². The lowest BCUT2D eigenvalue weighted by atomic mass is 10.1. The second kappa shape index (κ2) is 4.56. The lowest BCUT2D eigenvalue weighted by Crippen LogP contribution is -2.53. The molecule has 0 aromatic heterocycles. The molecule has 0 atom stereocenters. The first-order valence-corrected chi connectivity index (χ1v) is 9.39. The van der Waals surface area contributed by atoms with Gasteiger partial charge in [-0.2, -0.15) is 0 Å². The molecule has 1 aliphatic carbocycles. The molecule has 1 aromatic rings. The van der Waals surface area contributed by atoms with Crippen LogP contribution in [0.1, 0.15) is 13.8 Å². The zero-order chi connectivity index (χ0) is 14.3. The molecule has 4 heteroatoms. The molecular formula is C16H17NO2Si. The van der Waals surface area contributed by atoms with Crippen LogP contribution in [-0.4, -0.2) is 24.7 Å². The smallest absolute Gasteiger partial charge is 0.178 e. The Hall–Kier alpha value is -1.94. The summed E-state index contributed by atoms with van der Waals surface area (Å²) in [6.45, 7) is 4.35. The fourth-order valence-electron chi connectivity index (χ4n) is 3.29. The number of hydrogen-bond acceptors (Lipinski definition) is 3. The number of phenols is 1. The summed E-state index contributed by atoms with van der Waals surface area (Å²) < 4.78 is 0. The molecule has 0 bridgehead atoms. The fourth-order valence-corrected chi connectivity index (χ4v) is 7.70. The van der Waals surface area contributed by atoms with Gasteiger partial charge in [-0.15, -0.1) is 0 Å². The van der Waals surface area contributed by atoms with Crippen molar-refractivity contribution in [3.05, 3.63) is 41.6 Å². The Kier molecular flexibility index (Phi) is 2.98. The van der Waals surface area contributed by atoms with Crippen LogP contribution in [0, 0.1) is 0 Å². The Balaban J connectivity index is 2.33. The minimum absolute atomic E-state index is 0.0429. The summed E-state index contributed by atoms with van der Waals surface area (Å²) in [5.41, 5.74) is 1.88. The van der Waals surface area contributed by atoms with Crippen molar-refractivity contribution in [2.45, 2.75) is 25.9 Å². The number of carbonyl (C=O) groups excluding carboxylic acids is 1. The van der Waals surface area contributed by atoms with Crippen LogP contribution in [0.15, 0.2) is 46.6 Å². The third-order valence-corrected chi connectivity index (χ3v) is 9.70. The van der Waals surface area contributed by atoms with Crippen LogP contribution >= 0.6 is 0 Å². The van der Waals surface area contributed by atoms with E-state index >= 15 is 0 Å². The second-order valence-electron chi connectivity index (χ2n) is 5.28. The van der Waals surface area contributed by atoms with Crippen molar-refractivity contribution in [1.29, 1.82) is 0 Å². The summed E-state index contributed by atoms with van der Waals surface area (Å²) >= 11 is 0. The highest BCUT2D eigenvalue weighted by atomic mass is 28.3. The first kappa shape index (κ1) is 13.1. The minimum Gasteiger partial charge on any atom is -0.508 e. The molecule has 20 heavy (non-hydrogen) atoms. The molecular weight excluding hydrogens is 266 g/mol. The summed E-state index contributed by atoms with van der Waals surface area (Å²) in [7, 11) is -1.99. The molecule has 0 fully saturated rings. The quantitative estimate of drug-likeness (QED) is 0.670.